The van der Waals surface area contributed by atoms with Crippen LogP contribution in [-0.4, -0.2) is 23.2 Å². The van der Waals surface area contributed by atoms with Gasteiger partial charge in [0.05, 0.1) is 18.2 Å². The fraction of sp³-hybridized carbons (Fsp3) is 0.214. The highest BCUT2D eigenvalue weighted by Gasteiger charge is 2.45. The fourth-order valence-corrected chi connectivity index (χ4v) is 5.02. The first-order valence-electron chi connectivity index (χ1n) is 11.6. The smallest absolute Gasteiger partial charge is 0.281 e. The molecule has 0 bridgehead atoms. The SMILES string of the molecule is O=C(COc1cccc2ccccc12)N1N=C2C(=Cc3ccco3)CCCC2C1c1ccco1. The Bertz CT molecular complexity index is 1360. The summed E-state index contributed by atoms with van der Waals surface area (Å²) in [6.45, 7) is -0.105. The molecule has 1 aliphatic heterocycles. The lowest BCUT2D eigenvalue weighted by Gasteiger charge is -2.27. The molecule has 2 aromatic carbocycles. The van der Waals surface area contributed by atoms with Crippen LogP contribution in [0.5, 0.6) is 5.75 Å². The van der Waals surface area contributed by atoms with Crippen LogP contribution >= 0.6 is 0 Å². The van der Waals surface area contributed by atoms with Crippen LogP contribution in [0.2, 0.25) is 0 Å². The zero-order valence-electron chi connectivity index (χ0n) is 18.6. The van der Waals surface area contributed by atoms with Gasteiger partial charge in [0, 0.05) is 11.3 Å². The Kier molecular flexibility index (Phi) is 5.26. The van der Waals surface area contributed by atoms with E-state index in [1.807, 2.05) is 72.8 Å². The highest BCUT2D eigenvalue weighted by Crippen LogP contribution is 2.44. The predicted molar refractivity (Wildman–Crippen MR) is 129 cm³/mol. The molecule has 2 aliphatic rings. The Hall–Kier alpha value is -4.06. The number of furan rings is 2. The number of benzene rings is 2. The summed E-state index contributed by atoms with van der Waals surface area (Å²) < 4.78 is 17.3. The van der Waals surface area contributed by atoms with E-state index in [0.717, 1.165) is 52.8 Å². The minimum atomic E-state index is -0.283. The third-order valence-electron chi connectivity index (χ3n) is 6.55. The van der Waals surface area contributed by atoms with E-state index in [9.17, 15) is 4.79 Å². The van der Waals surface area contributed by atoms with Gasteiger partial charge < -0.3 is 13.6 Å². The van der Waals surface area contributed by atoms with Crippen LogP contribution in [0.15, 0.2) is 98.8 Å². The van der Waals surface area contributed by atoms with Gasteiger partial charge in [-0.1, -0.05) is 36.4 Å². The molecule has 2 aromatic heterocycles. The first-order chi connectivity index (χ1) is 16.8. The largest absolute Gasteiger partial charge is 0.483 e. The molecule has 6 rings (SSSR count). The minimum absolute atomic E-state index is 0.0719. The molecule has 1 aliphatic carbocycles. The second kappa shape index (κ2) is 8.71. The molecule has 1 saturated carbocycles. The fourth-order valence-electron chi connectivity index (χ4n) is 5.02. The molecule has 2 atom stereocenters. The average molecular weight is 453 g/mol. The number of rotatable bonds is 5. The number of carbonyl (C=O) groups excluding carboxylic acids is 1. The zero-order valence-corrected chi connectivity index (χ0v) is 18.6. The first-order valence-corrected chi connectivity index (χ1v) is 11.6. The highest BCUT2D eigenvalue weighted by molar-refractivity contribution is 6.08. The molecular weight excluding hydrogens is 428 g/mol. The molecule has 6 nitrogen and oxygen atoms in total. The van der Waals surface area contributed by atoms with Crippen LogP contribution in [0.4, 0.5) is 0 Å². The van der Waals surface area contributed by atoms with E-state index in [0.29, 0.717) is 5.75 Å². The maximum atomic E-state index is 13.4. The molecule has 6 heteroatoms. The number of allylic oxidation sites excluding steroid dienone is 1. The summed E-state index contributed by atoms with van der Waals surface area (Å²) in [5, 5.41) is 8.44. The first kappa shape index (κ1) is 20.5. The molecule has 1 fully saturated rings. The van der Waals surface area contributed by atoms with Crippen molar-refractivity contribution in [1.82, 2.24) is 5.01 Å². The lowest BCUT2D eigenvalue weighted by atomic mass is 9.79. The number of hydrogen-bond donors (Lipinski definition) is 0. The van der Waals surface area contributed by atoms with E-state index >= 15 is 0 Å². The lowest BCUT2D eigenvalue weighted by Crippen LogP contribution is -2.34. The zero-order chi connectivity index (χ0) is 22.9. The molecule has 170 valence electrons. The van der Waals surface area contributed by atoms with E-state index in [2.05, 4.69) is 0 Å². The Labute approximate surface area is 197 Å². The van der Waals surface area contributed by atoms with E-state index in [1.54, 1.807) is 17.5 Å². The van der Waals surface area contributed by atoms with Crippen molar-refractivity contribution in [1.29, 1.82) is 0 Å². The number of amides is 1. The molecule has 0 saturated heterocycles. The van der Waals surface area contributed by atoms with Gasteiger partial charge in [0.15, 0.2) is 6.61 Å². The summed E-state index contributed by atoms with van der Waals surface area (Å²) in [7, 11) is 0. The molecule has 4 aromatic rings. The van der Waals surface area contributed by atoms with E-state index in [4.69, 9.17) is 18.7 Å². The van der Waals surface area contributed by atoms with Gasteiger partial charge in [0.25, 0.3) is 5.91 Å². The summed E-state index contributed by atoms with van der Waals surface area (Å²) in [5.74, 6) is 2.08. The molecule has 0 N–H and O–H groups in total. The highest BCUT2D eigenvalue weighted by atomic mass is 16.5. The van der Waals surface area contributed by atoms with Crippen LogP contribution in [0.1, 0.15) is 36.8 Å². The Morgan fingerprint density at radius 3 is 2.74 bits per heavy atom. The van der Waals surface area contributed by atoms with Crippen molar-refractivity contribution in [2.45, 2.75) is 25.3 Å². The number of ether oxygens (including phenoxy) is 1. The van der Waals surface area contributed by atoms with Crippen molar-refractivity contribution < 1.29 is 18.4 Å². The van der Waals surface area contributed by atoms with E-state index in [1.165, 1.54) is 0 Å². The number of nitrogens with zero attached hydrogens (tertiary/aromatic N) is 2. The van der Waals surface area contributed by atoms with Gasteiger partial charge in [-0.2, -0.15) is 5.10 Å². The second-order valence-electron chi connectivity index (χ2n) is 8.63. The van der Waals surface area contributed by atoms with E-state index < -0.39 is 0 Å². The van der Waals surface area contributed by atoms with Crippen molar-refractivity contribution in [2.24, 2.45) is 11.0 Å². The van der Waals surface area contributed by atoms with Crippen molar-refractivity contribution >= 4 is 28.5 Å². The average Bonchev–Trinajstić information content (AvgIpc) is 3.63. The molecular formula is C28H24N2O4. The summed E-state index contributed by atoms with van der Waals surface area (Å²) >= 11 is 0. The van der Waals surface area contributed by atoms with Crippen molar-refractivity contribution in [2.75, 3.05) is 6.61 Å². The quantitative estimate of drug-likeness (QED) is 0.360. The topological polar surface area (TPSA) is 68.2 Å². The van der Waals surface area contributed by atoms with Crippen molar-refractivity contribution in [3.8, 4) is 5.75 Å². The predicted octanol–water partition coefficient (Wildman–Crippen LogP) is 6.23. The van der Waals surface area contributed by atoms with Crippen molar-refractivity contribution in [3.05, 3.63) is 96.3 Å². The maximum absolute atomic E-state index is 13.4. The van der Waals surface area contributed by atoms with Gasteiger partial charge >= 0.3 is 0 Å². The summed E-state index contributed by atoms with van der Waals surface area (Å²) in [5.41, 5.74) is 2.04. The van der Waals surface area contributed by atoms with Crippen LogP contribution in [0, 0.1) is 5.92 Å². The lowest BCUT2D eigenvalue weighted by molar-refractivity contribution is -0.136. The number of hydrazone groups is 1. The van der Waals surface area contributed by atoms with Gasteiger partial charge in [0.1, 0.15) is 23.3 Å². The van der Waals surface area contributed by atoms with Gasteiger partial charge in [-0.25, -0.2) is 5.01 Å². The maximum Gasteiger partial charge on any atom is 0.281 e. The van der Waals surface area contributed by atoms with Crippen LogP contribution in [-0.2, 0) is 4.79 Å². The summed E-state index contributed by atoms with van der Waals surface area (Å²) in [6, 6.07) is 21.1. The summed E-state index contributed by atoms with van der Waals surface area (Å²) in [4.78, 5) is 13.4. The van der Waals surface area contributed by atoms with Crippen LogP contribution < -0.4 is 4.74 Å². The summed E-state index contributed by atoms with van der Waals surface area (Å²) in [6.07, 6.45) is 8.19. The van der Waals surface area contributed by atoms with Gasteiger partial charge in [-0.3, -0.25) is 4.79 Å². The van der Waals surface area contributed by atoms with Crippen LogP contribution in [0.3, 0.4) is 0 Å². The molecule has 1 amide bonds. The molecule has 0 radical (unpaired) electrons. The van der Waals surface area contributed by atoms with Crippen molar-refractivity contribution in [3.63, 3.8) is 0 Å². The molecule has 2 unspecified atom stereocenters. The molecule has 0 spiro atoms. The third kappa shape index (κ3) is 3.71. The van der Waals surface area contributed by atoms with E-state index in [-0.39, 0.29) is 24.5 Å². The number of carbonyl (C=O) groups is 1. The molecule has 3 heterocycles. The Morgan fingerprint density at radius 1 is 1.03 bits per heavy atom. The Balaban J connectivity index is 1.30. The van der Waals surface area contributed by atoms with Crippen LogP contribution in [0.25, 0.3) is 16.8 Å². The second-order valence-corrected chi connectivity index (χ2v) is 8.63. The number of hydrogen-bond acceptors (Lipinski definition) is 5. The minimum Gasteiger partial charge on any atom is -0.483 e. The third-order valence-corrected chi connectivity index (χ3v) is 6.55. The Morgan fingerprint density at radius 2 is 1.88 bits per heavy atom. The number of fused-ring (bicyclic) bond motifs is 2. The standard InChI is InChI=1S/C28H24N2O4/c31-26(18-34-24-13-4-8-19-7-1-2-11-22(19)24)30-28(25-14-6-16-33-25)23-12-3-9-20(27(23)29-30)17-21-10-5-15-32-21/h1-2,4-8,10-11,13-17,23,28H,3,9,12,18H2. The van der Waals surface area contributed by atoms with Gasteiger partial charge in [-0.15, -0.1) is 0 Å². The molecule has 34 heavy (non-hydrogen) atoms. The van der Waals surface area contributed by atoms with Gasteiger partial charge in [-0.05, 0) is 66.6 Å². The monoisotopic (exact) mass is 452 g/mol. The van der Waals surface area contributed by atoms with Gasteiger partial charge in [0.2, 0.25) is 0 Å². The normalized spacial score (nSPS) is 21.0.